The molecular formula is C21H18FN3O4S. The lowest BCUT2D eigenvalue weighted by Gasteiger charge is -2.35. The van der Waals surface area contributed by atoms with Crippen LogP contribution in [0.3, 0.4) is 0 Å². The summed E-state index contributed by atoms with van der Waals surface area (Å²) in [5.74, 6) is 0.100. The van der Waals surface area contributed by atoms with E-state index in [1.165, 1.54) is 48.5 Å². The van der Waals surface area contributed by atoms with Gasteiger partial charge in [0.15, 0.2) is 5.82 Å². The number of urea groups is 1. The summed E-state index contributed by atoms with van der Waals surface area (Å²) in [6.45, 7) is 1.38. The zero-order valence-electron chi connectivity index (χ0n) is 16.2. The number of sulfonamides is 1. The van der Waals surface area contributed by atoms with Crippen LogP contribution in [0, 0.1) is 12.7 Å². The number of benzene rings is 2. The normalized spacial score (nSPS) is 15.1. The Balaban J connectivity index is 1.85. The number of carbonyl (C=O) groups excluding carboxylic acids is 1. The number of carbonyl (C=O) groups is 1. The Morgan fingerprint density at radius 1 is 1.10 bits per heavy atom. The Morgan fingerprint density at radius 2 is 1.90 bits per heavy atom. The number of methoxy groups -OCH3 is 1. The predicted octanol–water partition coefficient (Wildman–Crippen LogP) is 4.00. The van der Waals surface area contributed by atoms with Crippen molar-refractivity contribution in [1.29, 1.82) is 0 Å². The fourth-order valence-corrected chi connectivity index (χ4v) is 4.73. The van der Waals surface area contributed by atoms with Crippen molar-refractivity contribution in [3.63, 3.8) is 0 Å². The number of fused-ring (bicyclic) bond motifs is 1. The van der Waals surface area contributed by atoms with Gasteiger partial charge in [-0.15, -0.1) is 0 Å². The second-order valence-corrected chi connectivity index (χ2v) is 8.57. The molecule has 2 amide bonds. The van der Waals surface area contributed by atoms with Crippen molar-refractivity contribution >= 4 is 27.6 Å². The first-order valence-electron chi connectivity index (χ1n) is 9.04. The van der Waals surface area contributed by atoms with E-state index in [2.05, 4.69) is 4.98 Å². The summed E-state index contributed by atoms with van der Waals surface area (Å²) in [6, 6.07) is 13.0. The van der Waals surface area contributed by atoms with E-state index in [0.29, 0.717) is 22.6 Å². The van der Waals surface area contributed by atoms with Crippen molar-refractivity contribution in [3.8, 4) is 5.75 Å². The molecular weight excluding hydrogens is 409 g/mol. The highest BCUT2D eigenvalue weighted by atomic mass is 32.2. The molecule has 30 heavy (non-hydrogen) atoms. The topological polar surface area (TPSA) is 79.8 Å². The van der Waals surface area contributed by atoms with Crippen molar-refractivity contribution in [1.82, 2.24) is 9.29 Å². The molecule has 2 heterocycles. The van der Waals surface area contributed by atoms with Crippen LogP contribution in [0.5, 0.6) is 5.75 Å². The fourth-order valence-electron chi connectivity index (χ4n) is 3.27. The summed E-state index contributed by atoms with van der Waals surface area (Å²) in [7, 11) is -2.64. The average molecular weight is 427 g/mol. The van der Waals surface area contributed by atoms with E-state index in [1.807, 2.05) is 0 Å². The minimum atomic E-state index is -4.14. The lowest BCUT2D eigenvalue weighted by Crippen LogP contribution is -2.48. The molecule has 0 unspecified atom stereocenters. The first-order valence-corrected chi connectivity index (χ1v) is 10.5. The minimum Gasteiger partial charge on any atom is -0.497 e. The van der Waals surface area contributed by atoms with Crippen LogP contribution in [0.15, 0.2) is 65.7 Å². The highest BCUT2D eigenvalue weighted by molar-refractivity contribution is 7.90. The zero-order chi connectivity index (χ0) is 21.5. The van der Waals surface area contributed by atoms with Crippen molar-refractivity contribution in [2.75, 3.05) is 12.0 Å². The Bertz CT molecular complexity index is 1250. The van der Waals surface area contributed by atoms with E-state index in [9.17, 15) is 17.6 Å². The first-order chi connectivity index (χ1) is 14.3. The number of hydrogen-bond donors (Lipinski definition) is 0. The first kappa shape index (κ1) is 19.8. The maximum Gasteiger partial charge on any atom is 0.344 e. The third-order valence-corrected chi connectivity index (χ3v) is 6.54. The molecule has 3 aromatic rings. The fraction of sp³-hybridized carbons (Fsp3) is 0.143. The largest absolute Gasteiger partial charge is 0.497 e. The van der Waals surface area contributed by atoms with Crippen molar-refractivity contribution in [2.45, 2.75) is 18.4 Å². The number of pyridine rings is 1. The number of hydrogen-bond acceptors (Lipinski definition) is 5. The second-order valence-electron chi connectivity index (χ2n) is 6.74. The summed E-state index contributed by atoms with van der Waals surface area (Å²) >= 11 is 0. The Morgan fingerprint density at radius 3 is 2.63 bits per heavy atom. The number of nitrogens with zero attached hydrogens (tertiary/aromatic N) is 3. The predicted molar refractivity (Wildman–Crippen MR) is 109 cm³/mol. The van der Waals surface area contributed by atoms with E-state index in [1.54, 1.807) is 31.2 Å². The number of amides is 2. The molecule has 0 aliphatic carbocycles. The van der Waals surface area contributed by atoms with Crippen molar-refractivity contribution in [2.24, 2.45) is 0 Å². The van der Waals surface area contributed by atoms with Gasteiger partial charge in [0.25, 0.3) is 10.0 Å². The van der Waals surface area contributed by atoms with Gasteiger partial charge in [-0.25, -0.2) is 31.8 Å². The number of aromatic nitrogens is 1. The monoisotopic (exact) mass is 427 g/mol. The molecule has 4 rings (SSSR count). The summed E-state index contributed by atoms with van der Waals surface area (Å²) in [4.78, 5) is 18.6. The lowest BCUT2D eigenvalue weighted by atomic mass is 10.2. The average Bonchev–Trinajstić information content (AvgIpc) is 2.74. The maximum absolute atomic E-state index is 13.8. The van der Waals surface area contributed by atoms with Crippen molar-refractivity contribution in [3.05, 3.63) is 77.7 Å². The molecule has 154 valence electrons. The highest BCUT2D eigenvalue weighted by Gasteiger charge is 2.43. The molecule has 0 spiro atoms. The number of rotatable bonds is 4. The maximum atomic E-state index is 13.8. The molecule has 0 fully saturated rings. The highest BCUT2D eigenvalue weighted by Crippen LogP contribution is 2.38. The molecule has 2 aromatic carbocycles. The molecule has 1 aliphatic rings. The van der Waals surface area contributed by atoms with Crippen LogP contribution in [-0.2, 0) is 16.6 Å². The van der Waals surface area contributed by atoms with Gasteiger partial charge in [-0.3, -0.25) is 0 Å². The number of halogens is 1. The molecule has 0 bridgehead atoms. The Hall–Kier alpha value is -3.46. The van der Waals surface area contributed by atoms with Gasteiger partial charge in [0.05, 0.1) is 19.3 Å². The van der Waals surface area contributed by atoms with Gasteiger partial charge in [0.2, 0.25) is 0 Å². The van der Waals surface area contributed by atoms with Crippen LogP contribution in [0.2, 0.25) is 0 Å². The molecule has 1 aliphatic heterocycles. The molecule has 7 nitrogen and oxygen atoms in total. The molecule has 0 atom stereocenters. The summed E-state index contributed by atoms with van der Waals surface area (Å²) in [5.41, 5.74) is 1.23. The third kappa shape index (κ3) is 3.26. The van der Waals surface area contributed by atoms with E-state index in [-0.39, 0.29) is 17.3 Å². The van der Waals surface area contributed by atoms with Gasteiger partial charge < -0.3 is 4.74 Å². The van der Waals surface area contributed by atoms with E-state index in [0.717, 1.165) is 4.31 Å². The van der Waals surface area contributed by atoms with Crippen molar-refractivity contribution < 1.29 is 22.3 Å². The number of aryl methyl sites for hydroxylation is 1. The second kappa shape index (κ2) is 7.42. The van der Waals surface area contributed by atoms with Crippen LogP contribution in [0.25, 0.3) is 0 Å². The quantitative estimate of drug-likeness (QED) is 0.629. The number of ether oxygens (including phenoxy) is 1. The number of anilines is 2. The summed E-state index contributed by atoms with van der Waals surface area (Å²) in [6.07, 6.45) is 1.41. The third-order valence-electron chi connectivity index (χ3n) is 4.80. The molecule has 0 saturated heterocycles. The standard InChI is InChI=1S/C21H18FN3O4S/c1-14-11-16(8-9-18(14)22)25-20-19(7-4-10-23-20)30(27,28)24(21(25)26)13-15-5-3-6-17(12-15)29-2/h3-12H,13H2,1-2H3. The van der Waals surface area contributed by atoms with Crippen LogP contribution >= 0.6 is 0 Å². The van der Waals surface area contributed by atoms with Gasteiger partial charge >= 0.3 is 6.03 Å². The van der Waals surface area contributed by atoms with Gasteiger partial charge in [0.1, 0.15) is 16.5 Å². The molecule has 9 heteroatoms. The van der Waals surface area contributed by atoms with Gasteiger partial charge in [-0.05, 0) is 60.5 Å². The summed E-state index contributed by atoms with van der Waals surface area (Å²) < 4.78 is 46.2. The van der Waals surface area contributed by atoms with Crippen LogP contribution in [0.4, 0.5) is 20.7 Å². The SMILES string of the molecule is COc1cccc(CN2C(=O)N(c3ccc(F)c(C)c3)c3ncccc3S2(=O)=O)c1. The Labute approximate surface area is 173 Å². The van der Waals surface area contributed by atoms with Crippen LogP contribution in [-0.4, -0.2) is 30.8 Å². The smallest absolute Gasteiger partial charge is 0.344 e. The van der Waals surface area contributed by atoms with E-state index < -0.39 is 21.9 Å². The minimum absolute atomic E-state index is 0.0181. The molecule has 1 aromatic heterocycles. The van der Waals surface area contributed by atoms with Gasteiger partial charge in [0, 0.05) is 6.20 Å². The summed E-state index contributed by atoms with van der Waals surface area (Å²) in [5, 5.41) is 0. The van der Waals surface area contributed by atoms with Gasteiger partial charge in [-0.1, -0.05) is 12.1 Å². The lowest BCUT2D eigenvalue weighted by molar-refractivity contribution is 0.229. The zero-order valence-corrected chi connectivity index (χ0v) is 17.1. The van der Waals surface area contributed by atoms with Gasteiger partial charge in [-0.2, -0.15) is 0 Å². The molecule has 0 saturated carbocycles. The molecule has 0 N–H and O–H groups in total. The van der Waals surface area contributed by atoms with Crippen LogP contribution in [0.1, 0.15) is 11.1 Å². The Kier molecular flexibility index (Phi) is 4.90. The van der Waals surface area contributed by atoms with E-state index in [4.69, 9.17) is 4.74 Å². The van der Waals surface area contributed by atoms with E-state index >= 15 is 0 Å². The molecule has 0 radical (unpaired) electrons. The van der Waals surface area contributed by atoms with Crippen LogP contribution < -0.4 is 9.64 Å².